The number of hydrogen-bond donors (Lipinski definition) is 2. The third-order valence-corrected chi connectivity index (χ3v) is 8.30. The van der Waals surface area contributed by atoms with Crippen LogP contribution in [0.2, 0.25) is 0 Å². The number of amides is 4. The van der Waals surface area contributed by atoms with E-state index >= 15 is 0 Å². The van der Waals surface area contributed by atoms with Crippen molar-refractivity contribution in [3.05, 3.63) is 53.6 Å². The van der Waals surface area contributed by atoms with E-state index in [-0.39, 0.29) is 35.5 Å². The van der Waals surface area contributed by atoms with Crippen molar-refractivity contribution in [1.82, 2.24) is 14.5 Å². The largest absolute Gasteiger partial charge is 0.489 e. The van der Waals surface area contributed by atoms with Gasteiger partial charge in [0.25, 0.3) is 5.91 Å². The van der Waals surface area contributed by atoms with E-state index in [0.717, 1.165) is 10.5 Å². The monoisotopic (exact) mass is 544 g/mol. The Kier molecular flexibility index (Phi) is 7.77. The second-order valence-electron chi connectivity index (χ2n) is 9.70. The van der Waals surface area contributed by atoms with Gasteiger partial charge in [-0.05, 0) is 51.5 Å². The molecule has 2 aromatic carbocycles. The van der Waals surface area contributed by atoms with Crippen molar-refractivity contribution in [3.63, 3.8) is 0 Å². The Morgan fingerprint density at radius 3 is 2.42 bits per heavy atom. The molecule has 2 heterocycles. The summed E-state index contributed by atoms with van der Waals surface area (Å²) < 4.78 is 38.7. The van der Waals surface area contributed by atoms with Gasteiger partial charge in [0.1, 0.15) is 17.8 Å². The van der Waals surface area contributed by atoms with Crippen LogP contribution in [0.4, 0.5) is 10.5 Å². The highest BCUT2D eigenvalue weighted by atomic mass is 32.2. The van der Waals surface area contributed by atoms with Crippen LogP contribution in [0.5, 0.6) is 5.75 Å². The number of imide groups is 1. The van der Waals surface area contributed by atoms with Crippen molar-refractivity contribution in [1.29, 1.82) is 0 Å². The fourth-order valence-corrected chi connectivity index (χ4v) is 5.75. The van der Waals surface area contributed by atoms with Crippen molar-refractivity contribution >= 4 is 33.6 Å². The molecule has 0 bridgehead atoms. The first-order valence-electron chi connectivity index (χ1n) is 12.3. The van der Waals surface area contributed by atoms with E-state index in [1.165, 1.54) is 22.5 Å². The van der Waals surface area contributed by atoms with Gasteiger partial charge in [-0.2, -0.15) is 4.31 Å². The second-order valence-corrected chi connectivity index (χ2v) is 11.6. The Hall–Kier alpha value is -3.48. The fourth-order valence-electron chi connectivity index (χ4n) is 4.32. The van der Waals surface area contributed by atoms with E-state index in [0.29, 0.717) is 18.8 Å². The normalized spacial score (nSPS) is 20.5. The number of nitrogens with one attached hydrogen (secondary N) is 2. The van der Waals surface area contributed by atoms with Crippen LogP contribution in [0.25, 0.3) is 0 Å². The number of ether oxygens (including phenoxy) is 2. The molecule has 0 spiro atoms. The summed E-state index contributed by atoms with van der Waals surface area (Å²) >= 11 is 0. The highest BCUT2D eigenvalue weighted by Crippen LogP contribution is 2.32. The summed E-state index contributed by atoms with van der Waals surface area (Å²) in [6.07, 6.45) is -0.256. The van der Waals surface area contributed by atoms with Crippen molar-refractivity contribution in [2.45, 2.75) is 44.2 Å². The predicted molar refractivity (Wildman–Crippen MR) is 139 cm³/mol. The third-order valence-electron chi connectivity index (χ3n) is 6.40. The summed E-state index contributed by atoms with van der Waals surface area (Å²) in [5.74, 6) is -0.990. The zero-order chi connectivity index (χ0) is 27.7. The van der Waals surface area contributed by atoms with Gasteiger partial charge in [-0.15, -0.1) is 0 Å². The van der Waals surface area contributed by atoms with Crippen molar-refractivity contribution in [2.75, 3.05) is 38.2 Å². The van der Waals surface area contributed by atoms with Gasteiger partial charge in [-0.3, -0.25) is 14.5 Å². The first-order chi connectivity index (χ1) is 17.9. The van der Waals surface area contributed by atoms with Crippen molar-refractivity contribution in [2.24, 2.45) is 0 Å². The number of nitrogens with zero attached hydrogens (tertiary/aromatic N) is 2. The number of sulfonamides is 1. The van der Waals surface area contributed by atoms with Gasteiger partial charge >= 0.3 is 6.03 Å². The average molecular weight is 545 g/mol. The molecular weight excluding hydrogens is 512 g/mol. The quantitative estimate of drug-likeness (QED) is 0.487. The van der Waals surface area contributed by atoms with Crippen LogP contribution < -0.4 is 15.4 Å². The molecule has 2 N–H and O–H groups in total. The zero-order valence-corrected chi connectivity index (χ0v) is 22.6. The van der Waals surface area contributed by atoms with Gasteiger partial charge in [0.15, 0.2) is 0 Å². The van der Waals surface area contributed by atoms with Crippen LogP contribution in [0.3, 0.4) is 0 Å². The van der Waals surface area contributed by atoms with Crippen LogP contribution >= 0.6 is 0 Å². The van der Waals surface area contributed by atoms with E-state index in [1.807, 2.05) is 19.1 Å². The summed E-state index contributed by atoms with van der Waals surface area (Å²) in [4.78, 5) is 39.8. The third kappa shape index (κ3) is 5.52. The van der Waals surface area contributed by atoms with Gasteiger partial charge in [0.05, 0.1) is 29.9 Å². The van der Waals surface area contributed by atoms with Crippen molar-refractivity contribution < 1.29 is 32.3 Å². The molecule has 204 valence electrons. The molecule has 2 aliphatic heterocycles. The lowest BCUT2D eigenvalue weighted by molar-refractivity contribution is -0.133. The maximum absolute atomic E-state index is 13.2. The molecule has 0 aliphatic carbocycles. The number of rotatable bonds is 8. The van der Waals surface area contributed by atoms with Crippen LogP contribution in [-0.2, 0) is 29.9 Å². The smallest absolute Gasteiger partial charge is 0.325 e. The lowest BCUT2D eigenvalue weighted by atomic mass is 9.91. The average Bonchev–Trinajstić information content (AvgIpc) is 3.09. The van der Waals surface area contributed by atoms with Crippen molar-refractivity contribution in [3.8, 4) is 5.75 Å². The zero-order valence-electron chi connectivity index (χ0n) is 21.8. The molecular formula is C26H32N4O7S. The van der Waals surface area contributed by atoms with Gasteiger partial charge in [-0.1, -0.05) is 29.8 Å². The Labute approximate surface area is 222 Å². The predicted octanol–water partition coefficient (Wildman–Crippen LogP) is 2.21. The topological polar surface area (TPSA) is 134 Å². The number of aryl methyl sites for hydroxylation is 1. The summed E-state index contributed by atoms with van der Waals surface area (Å²) in [5.41, 5.74) is 0.398. The molecule has 2 aliphatic rings. The van der Waals surface area contributed by atoms with E-state index < -0.39 is 40.0 Å². The first kappa shape index (κ1) is 27.6. The van der Waals surface area contributed by atoms with E-state index in [4.69, 9.17) is 9.47 Å². The molecule has 4 rings (SSSR count). The summed E-state index contributed by atoms with van der Waals surface area (Å²) in [6.45, 7) is 7.57. The molecule has 1 atom stereocenters. The summed E-state index contributed by atoms with van der Waals surface area (Å²) in [5, 5.41) is 5.30. The first-order valence-corrected chi connectivity index (χ1v) is 13.8. The Balaban J connectivity index is 1.55. The number of morpholine rings is 1. The SMILES string of the molecule is Cc1ccc([C@@]2(C)NC(=O)N(CC(=O)Nc3cc(S(=O)(=O)N4CCOCC4)ccc3OC(C)C)C2=O)cc1. The van der Waals surface area contributed by atoms with Crippen LogP contribution in [0.1, 0.15) is 31.9 Å². The standard InChI is InChI=1S/C26H32N4O7S/c1-17(2)37-22-10-9-20(38(34,35)29-11-13-36-14-12-29)15-21(22)27-23(31)16-30-24(32)26(4,28-25(30)33)19-7-5-18(3)6-8-19/h5-10,15,17H,11-14,16H2,1-4H3,(H,27,31)(H,28,33)/t26-/m1/s1. The molecule has 12 heteroatoms. The molecule has 2 fully saturated rings. The Bertz CT molecular complexity index is 1340. The Morgan fingerprint density at radius 2 is 1.79 bits per heavy atom. The number of benzene rings is 2. The lowest BCUT2D eigenvalue weighted by Crippen LogP contribution is -2.42. The van der Waals surface area contributed by atoms with E-state index in [9.17, 15) is 22.8 Å². The molecule has 4 amide bonds. The molecule has 2 aromatic rings. The minimum absolute atomic E-state index is 0.0206. The lowest BCUT2D eigenvalue weighted by Gasteiger charge is -2.26. The molecule has 0 unspecified atom stereocenters. The highest BCUT2D eigenvalue weighted by molar-refractivity contribution is 7.89. The van der Waals surface area contributed by atoms with Crippen LogP contribution in [0, 0.1) is 6.92 Å². The fraction of sp³-hybridized carbons (Fsp3) is 0.423. The van der Waals surface area contributed by atoms with E-state index in [1.54, 1.807) is 32.9 Å². The highest BCUT2D eigenvalue weighted by Gasteiger charge is 2.49. The van der Waals surface area contributed by atoms with Crippen LogP contribution in [-0.4, -0.2) is 74.4 Å². The second kappa shape index (κ2) is 10.7. The van der Waals surface area contributed by atoms with Gasteiger partial charge < -0.3 is 20.1 Å². The molecule has 2 saturated heterocycles. The molecule has 0 aromatic heterocycles. The van der Waals surface area contributed by atoms with Crippen LogP contribution in [0.15, 0.2) is 47.4 Å². The maximum atomic E-state index is 13.2. The molecule has 0 radical (unpaired) electrons. The minimum atomic E-state index is -3.84. The molecule has 38 heavy (non-hydrogen) atoms. The number of anilines is 1. The van der Waals surface area contributed by atoms with Gasteiger partial charge in [0, 0.05) is 13.1 Å². The summed E-state index contributed by atoms with van der Waals surface area (Å²) in [6, 6.07) is 10.7. The summed E-state index contributed by atoms with van der Waals surface area (Å²) in [7, 11) is -3.84. The van der Waals surface area contributed by atoms with Gasteiger partial charge in [0.2, 0.25) is 15.9 Å². The number of carbonyl (C=O) groups is 3. The molecule has 11 nitrogen and oxygen atoms in total. The van der Waals surface area contributed by atoms with Gasteiger partial charge in [-0.25, -0.2) is 13.2 Å². The maximum Gasteiger partial charge on any atom is 0.325 e. The number of hydrogen-bond acceptors (Lipinski definition) is 7. The van der Waals surface area contributed by atoms with E-state index in [2.05, 4.69) is 10.6 Å². The number of urea groups is 1. The minimum Gasteiger partial charge on any atom is -0.489 e. The number of carbonyl (C=O) groups excluding carboxylic acids is 3. The Morgan fingerprint density at radius 1 is 1.13 bits per heavy atom. The molecule has 0 saturated carbocycles.